The summed E-state index contributed by atoms with van der Waals surface area (Å²) in [5, 5.41) is 2.96. The molecule has 0 radical (unpaired) electrons. The summed E-state index contributed by atoms with van der Waals surface area (Å²) in [5.41, 5.74) is 1.84. The first-order valence-corrected chi connectivity index (χ1v) is 7.47. The quantitative estimate of drug-likeness (QED) is 0.815. The van der Waals surface area contributed by atoms with E-state index in [1.165, 1.54) is 12.8 Å². The third-order valence-electron chi connectivity index (χ3n) is 3.03. The number of benzene rings is 1. The SMILES string of the molecule is Cc1ccc(C(=O)NCC(Br)C2CC2)cc1Br. The van der Waals surface area contributed by atoms with E-state index in [-0.39, 0.29) is 5.91 Å². The molecule has 1 N–H and O–H groups in total. The molecule has 2 nitrogen and oxygen atoms in total. The van der Waals surface area contributed by atoms with Gasteiger partial charge in [-0.1, -0.05) is 37.9 Å². The molecule has 1 amide bonds. The van der Waals surface area contributed by atoms with E-state index < -0.39 is 0 Å². The standard InChI is InChI=1S/C13H15Br2NO/c1-8-2-3-10(6-11(8)14)13(17)16-7-12(15)9-4-5-9/h2-3,6,9,12H,4-5,7H2,1H3,(H,16,17). The van der Waals surface area contributed by atoms with Crippen molar-refractivity contribution in [2.45, 2.75) is 24.6 Å². The van der Waals surface area contributed by atoms with Gasteiger partial charge in [0, 0.05) is 21.4 Å². The van der Waals surface area contributed by atoms with Crippen LogP contribution in [0.15, 0.2) is 22.7 Å². The molecule has 1 unspecified atom stereocenters. The molecule has 0 aliphatic heterocycles. The van der Waals surface area contributed by atoms with Crippen LogP contribution in [-0.2, 0) is 0 Å². The zero-order valence-corrected chi connectivity index (χ0v) is 12.8. The van der Waals surface area contributed by atoms with Crippen molar-refractivity contribution in [3.63, 3.8) is 0 Å². The van der Waals surface area contributed by atoms with E-state index in [2.05, 4.69) is 37.2 Å². The van der Waals surface area contributed by atoms with Gasteiger partial charge in [-0.2, -0.15) is 0 Å². The fourth-order valence-electron chi connectivity index (χ4n) is 1.65. The van der Waals surface area contributed by atoms with E-state index in [1.807, 2.05) is 25.1 Å². The molecule has 1 aliphatic carbocycles. The number of carbonyl (C=O) groups excluding carboxylic acids is 1. The highest BCUT2D eigenvalue weighted by Crippen LogP contribution is 2.36. The summed E-state index contributed by atoms with van der Waals surface area (Å²) in [7, 11) is 0. The van der Waals surface area contributed by atoms with Crippen molar-refractivity contribution in [1.29, 1.82) is 0 Å². The Bertz CT molecular complexity index is 429. The maximum absolute atomic E-state index is 11.9. The number of hydrogen-bond acceptors (Lipinski definition) is 1. The summed E-state index contributed by atoms with van der Waals surface area (Å²) in [6, 6.07) is 5.67. The van der Waals surface area contributed by atoms with Gasteiger partial charge in [-0.3, -0.25) is 4.79 Å². The van der Waals surface area contributed by atoms with Crippen LogP contribution in [0.5, 0.6) is 0 Å². The Balaban J connectivity index is 1.92. The van der Waals surface area contributed by atoms with Crippen LogP contribution in [0.4, 0.5) is 0 Å². The van der Waals surface area contributed by atoms with Gasteiger partial charge in [0.2, 0.25) is 0 Å². The van der Waals surface area contributed by atoms with Gasteiger partial charge in [-0.05, 0) is 43.4 Å². The first-order chi connectivity index (χ1) is 8.08. The van der Waals surface area contributed by atoms with Crippen molar-refractivity contribution in [1.82, 2.24) is 5.32 Å². The van der Waals surface area contributed by atoms with Gasteiger partial charge in [0.25, 0.3) is 5.91 Å². The normalized spacial score (nSPS) is 16.6. The molecule has 92 valence electrons. The number of aryl methyl sites for hydroxylation is 1. The number of rotatable bonds is 4. The highest BCUT2D eigenvalue weighted by Gasteiger charge is 2.29. The van der Waals surface area contributed by atoms with Crippen LogP contribution in [-0.4, -0.2) is 17.3 Å². The van der Waals surface area contributed by atoms with Crippen LogP contribution in [0.2, 0.25) is 0 Å². The maximum atomic E-state index is 11.9. The fourth-order valence-corrected chi connectivity index (χ4v) is 2.72. The summed E-state index contributed by atoms with van der Waals surface area (Å²) in [4.78, 5) is 12.3. The van der Waals surface area contributed by atoms with E-state index in [0.717, 1.165) is 16.0 Å². The molecular weight excluding hydrogens is 346 g/mol. The van der Waals surface area contributed by atoms with E-state index >= 15 is 0 Å². The minimum atomic E-state index is -0.00389. The number of halogens is 2. The monoisotopic (exact) mass is 359 g/mol. The predicted molar refractivity (Wildman–Crippen MR) is 76.7 cm³/mol. The first kappa shape index (κ1) is 13.1. The highest BCUT2D eigenvalue weighted by molar-refractivity contribution is 9.10. The Morgan fingerprint density at radius 2 is 2.24 bits per heavy atom. The zero-order valence-electron chi connectivity index (χ0n) is 9.67. The molecule has 0 spiro atoms. The highest BCUT2D eigenvalue weighted by atomic mass is 79.9. The molecule has 1 aromatic rings. The average Bonchev–Trinajstić information content (AvgIpc) is 3.13. The summed E-state index contributed by atoms with van der Waals surface area (Å²) in [5.74, 6) is 0.746. The topological polar surface area (TPSA) is 29.1 Å². The number of amides is 1. The summed E-state index contributed by atoms with van der Waals surface area (Å²) in [6.07, 6.45) is 2.56. The molecule has 0 heterocycles. The minimum absolute atomic E-state index is 0.00389. The summed E-state index contributed by atoms with van der Waals surface area (Å²) >= 11 is 7.05. The molecule has 1 aliphatic rings. The number of hydrogen-bond donors (Lipinski definition) is 1. The summed E-state index contributed by atoms with van der Waals surface area (Å²) in [6.45, 7) is 2.71. The van der Waals surface area contributed by atoms with E-state index in [0.29, 0.717) is 16.9 Å². The second-order valence-electron chi connectivity index (χ2n) is 4.53. The maximum Gasteiger partial charge on any atom is 0.251 e. The van der Waals surface area contributed by atoms with Crippen molar-refractivity contribution in [3.05, 3.63) is 33.8 Å². The molecule has 0 aromatic heterocycles. The van der Waals surface area contributed by atoms with E-state index in [1.54, 1.807) is 0 Å². The van der Waals surface area contributed by atoms with Crippen molar-refractivity contribution in [2.75, 3.05) is 6.54 Å². The largest absolute Gasteiger partial charge is 0.351 e. The summed E-state index contributed by atoms with van der Waals surface area (Å²) < 4.78 is 0.975. The minimum Gasteiger partial charge on any atom is -0.351 e. The second-order valence-corrected chi connectivity index (χ2v) is 6.56. The average molecular weight is 361 g/mol. The lowest BCUT2D eigenvalue weighted by Crippen LogP contribution is -2.30. The molecular formula is C13H15Br2NO. The molecule has 0 saturated heterocycles. The van der Waals surface area contributed by atoms with Gasteiger partial charge in [-0.25, -0.2) is 0 Å². The van der Waals surface area contributed by atoms with Gasteiger partial charge in [0.05, 0.1) is 0 Å². The van der Waals surface area contributed by atoms with Gasteiger partial charge in [-0.15, -0.1) is 0 Å². The van der Waals surface area contributed by atoms with Crippen LogP contribution in [0, 0.1) is 12.8 Å². The number of alkyl halides is 1. The Hall–Kier alpha value is -0.350. The molecule has 1 aromatic carbocycles. The van der Waals surface area contributed by atoms with Crippen LogP contribution >= 0.6 is 31.9 Å². The lowest BCUT2D eigenvalue weighted by atomic mass is 10.1. The number of carbonyl (C=O) groups is 1. The molecule has 4 heteroatoms. The Morgan fingerprint density at radius 3 is 2.82 bits per heavy atom. The first-order valence-electron chi connectivity index (χ1n) is 5.76. The fraction of sp³-hybridized carbons (Fsp3) is 0.462. The Morgan fingerprint density at radius 1 is 1.53 bits per heavy atom. The van der Waals surface area contributed by atoms with E-state index in [4.69, 9.17) is 0 Å². The van der Waals surface area contributed by atoms with Crippen LogP contribution in [0.25, 0.3) is 0 Å². The van der Waals surface area contributed by atoms with Crippen molar-refractivity contribution < 1.29 is 4.79 Å². The van der Waals surface area contributed by atoms with Gasteiger partial charge in [0.15, 0.2) is 0 Å². The van der Waals surface area contributed by atoms with Crippen LogP contribution in [0.3, 0.4) is 0 Å². The molecule has 1 saturated carbocycles. The molecule has 17 heavy (non-hydrogen) atoms. The number of nitrogens with one attached hydrogen (secondary N) is 1. The molecule has 1 atom stereocenters. The third-order valence-corrected chi connectivity index (χ3v) is 4.95. The lowest BCUT2D eigenvalue weighted by molar-refractivity contribution is 0.0953. The Labute approximate surface area is 118 Å². The third kappa shape index (κ3) is 3.55. The lowest BCUT2D eigenvalue weighted by Gasteiger charge is -2.10. The van der Waals surface area contributed by atoms with Crippen molar-refractivity contribution in [2.24, 2.45) is 5.92 Å². The van der Waals surface area contributed by atoms with Crippen LogP contribution in [0.1, 0.15) is 28.8 Å². The van der Waals surface area contributed by atoms with Gasteiger partial charge >= 0.3 is 0 Å². The second kappa shape index (κ2) is 5.53. The van der Waals surface area contributed by atoms with Gasteiger partial charge in [0.1, 0.15) is 0 Å². The van der Waals surface area contributed by atoms with Crippen molar-refractivity contribution in [3.8, 4) is 0 Å². The van der Waals surface area contributed by atoms with E-state index in [9.17, 15) is 4.79 Å². The zero-order chi connectivity index (χ0) is 12.4. The van der Waals surface area contributed by atoms with Crippen LogP contribution < -0.4 is 5.32 Å². The van der Waals surface area contributed by atoms with Crippen molar-refractivity contribution >= 4 is 37.8 Å². The molecule has 0 bridgehead atoms. The smallest absolute Gasteiger partial charge is 0.251 e. The molecule has 2 rings (SSSR count). The van der Waals surface area contributed by atoms with Gasteiger partial charge < -0.3 is 5.32 Å². The Kier molecular flexibility index (Phi) is 4.26. The molecule has 1 fully saturated rings. The predicted octanol–water partition coefficient (Wildman–Crippen LogP) is 3.66.